The number of para-hydroxylation sites is 1. The minimum absolute atomic E-state index is 0.0239. The van der Waals surface area contributed by atoms with E-state index in [9.17, 15) is 9.59 Å². The van der Waals surface area contributed by atoms with Gasteiger partial charge in [-0.15, -0.1) is 11.8 Å². The van der Waals surface area contributed by atoms with Crippen LogP contribution in [0.15, 0.2) is 52.3 Å². The number of aryl methyl sites for hydroxylation is 1. The van der Waals surface area contributed by atoms with Gasteiger partial charge in [-0.25, -0.2) is 0 Å². The van der Waals surface area contributed by atoms with E-state index in [1.807, 2.05) is 49.0 Å². The first-order valence-electron chi connectivity index (χ1n) is 12.5. The molecule has 1 N–H and O–H groups in total. The largest absolute Gasteiger partial charge is 0.493 e. The first kappa shape index (κ1) is 23.7. The third kappa shape index (κ3) is 3.86. The van der Waals surface area contributed by atoms with Crippen LogP contribution >= 0.6 is 23.1 Å². The van der Waals surface area contributed by atoms with E-state index in [4.69, 9.17) is 9.47 Å². The predicted octanol–water partition coefficient (Wildman–Crippen LogP) is 5.53. The van der Waals surface area contributed by atoms with Gasteiger partial charge in [0.1, 0.15) is 6.54 Å². The second-order valence-corrected chi connectivity index (χ2v) is 12.2. The van der Waals surface area contributed by atoms with E-state index in [0.717, 1.165) is 26.7 Å². The van der Waals surface area contributed by atoms with Crippen LogP contribution in [0.5, 0.6) is 11.5 Å². The highest BCUT2D eigenvalue weighted by atomic mass is 32.2. The van der Waals surface area contributed by atoms with Crippen LogP contribution < -0.4 is 19.7 Å². The van der Waals surface area contributed by atoms with Crippen molar-refractivity contribution in [3.05, 3.63) is 68.1 Å². The molecule has 2 bridgehead atoms. The molecule has 6 rings (SSSR count). The molecule has 0 saturated heterocycles. The fourth-order valence-electron chi connectivity index (χ4n) is 6.55. The summed E-state index contributed by atoms with van der Waals surface area (Å²) in [6.45, 7) is 1.99. The standard InChI is InChI=1S/C28H30N2O4S2/c1-15-6-4-5-7-19(15)29-22(31)14-30-27-26(36-28(30)32)24(17-10-11-20(33-2)21(13-17)34-3)23-16-8-9-18(12-16)25(23)35-27/h4-7,10-11,13,16,18,23-25H,8-9,12,14H2,1-3H3,(H,29,31)/t16?,18?,23?,24-,25?/m1/s1. The van der Waals surface area contributed by atoms with E-state index in [-0.39, 0.29) is 23.2 Å². The van der Waals surface area contributed by atoms with Crippen LogP contribution in [-0.4, -0.2) is 29.9 Å². The predicted molar refractivity (Wildman–Crippen MR) is 144 cm³/mol. The number of nitrogens with zero attached hydrogens (tertiary/aromatic N) is 1. The highest BCUT2D eigenvalue weighted by molar-refractivity contribution is 8.00. The van der Waals surface area contributed by atoms with Crippen molar-refractivity contribution in [3.63, 3.8) is 0 Å². The molecule has 2 fully saturated rings. The number of aromatic nitrogens is 1. The van der Waals surface area contributed by atoms with Crippen molar-refractivity contribution in [2.75, 3.05) is 19.5 Å². The summed E-state index contributed by atoms with van der Waals surface area (Å²) in [4.78, 5) is 27.4. The Bertz CT molecular complexity index is 1380. The van der Waals surface area contributed by atoms with Crippen molar-refractivity contribution >= 4 is 34.7 Å². The van der Waals surface area contributed by atoms with Gasteiger partial charge < -0.3 is 14.8 Å². The molecule has 2 aliphatic carbocycles. The Morgan fingerprint density at radius 3 is 2.64 bits per heavy atom. The van der Waals surface area contributed by atoms with Gasteiger partial charge in [-0.3, -0.25) is 14.2 Å². The van der Waals surface area contributed by atoms with Crippen molar-refractivity contribution in [3.8, 4) is 11.5 Å². The Morgan fingerprint density at radius 1 is 1.08 bits per heavy atom. The van der Waals surface area contributed by atoms with E-state index in [1.165, 1.54) is 30.6 Å². The molecule has 1 aliphatic heterocycles. The molecular formula is C28H30N2O4S2. The lowest BCUT2D eigenvalue weighted by molar-refractivity contribution is -0.116. The fraction of sp³-hybridized carbons (Fsp3) is 0.429. The molecule has 2 aromatic carbocycles. The second-order valence-electron chi connectivity index (χ2n) is 10.1. The zero-order chi connectivity index (χ0) is 25.0. The number of methoxy groups -OCH3 is 2. The maximum Gasteiger partial charge on any atom is 0.308 e. The van der Waals surface area contributed by atoms with Gasteiger partial charge in [0.2, 0.25) is 5.91 Å². The van der Waals surface area contributed by atoms with Gasteiger partial charge in [-0.1, -0.05) is 35.6 Å². The average Bonchev–Trinajstić information content (AvgIpc) is 3.58. The topological polar surface area (TPSA) is 69.6 Å². The number of amides is 1. The molecule has 0 radical (unpaired) electrons. The molecule has 6 nitrogen and oxygen atoms in total. The second kappa shape index (κ2) is 9.30. The minimum atomic E-state index is -0.176. The van der Waals surface area contributed by atoms with E-state index in [2.05, 4.69) is 17.4 Å². The van der Waals surface area contributed by atoms with Crippen LogP contribution in [0.4, 0.5) is 5.69 Å². The minimum Gasteiger partial charge on any atom is -0.493 e. The zero-order valence-electron chi connectivity index (χ0n) is 20.7. The van der Waals surface area contributed by atoms with Crippen LogP contribution in [0.1, 0.15) is 41.2 Å². The molecule has 2 heterocycles. The molecule has 1 aromatic heterocycles. The maximum atomic E-state index is 13.3. The van der Waals surface area contributed by atoms with Crippen molar-refractivity contribution < 1.29 is 14.3 Å². The molecule has 3 aliphatic rings. The van der Waals surface area contributed by atoms with Crippen LogP contribution in [0.25, 0.3) is 0 Å². The number of ether oxygens (including phenoxy) is 2. The summed E-state index contributed by atoms with van der Waals surface area (Å²) in [6, 6.07) is 13.9. The number of fused-ring (bicyclic) bond motifs is 6. The number of carbonyl (C=O) groups is 1. The Hall–Kier alpha value is -2.71. The number of benzene rings is 2. The molecule has 0 spiro atoms. The summed E-state index contributed by atoms with van der Waals surface area (Å²) in [5.41, 5.74) is 2.94. The molecule has 5 atom stereocenters. The van der Waals surface area contributed by atoms with Crippen LogP contribution in [0.2, 0.25) is 0 Å². The van der Waals surface area contributed by atoms with E-state index < -0.39 is 0 Å². The van der Waals surface area contributed by atoms with Crippen molar-refractivity contribution in [2.45, 2.75) is 48.9 Å². The summed E-state index contributed by atoms with van der Waals surface area (Å²) in [5.74, 6) is 3.20. The molecule has 36 heavy (non-hydrogen) atoms. The number of rotatable bonds is 6. The molecule has 4 unspecified atom stereocenters. The van der Waals surface area contributed by atoms with Gasteiger partial charge in [0, 0.05) is 21.7 Å². The summed E-state index contributed by atoms with van der Waals surface area (Å²) in [5, 5.41) is 4.43. The van der Waals surface area contributed by atoms with E-state index in [1.54, 1.807) is 18.8 Å². The summed E-state index contributed by atoms with van der Waals surface area (Å²) < 4.78 is 12.8. The van der Waals surface area contributed by atoms with Crippen molar-refractivity contribution in [2.24, 2.45) is 17.8 Å². The molecule has 3 aromatic rings. The molecule has 2 saturated carbocycles. The number of hydrogen-bond acceptors (Lipinski definition) is 6. The normalized spacial score (nSPS) is 25.8. The van der Waals surface area contributed by atoms with E-state index >= 15 is 0 Å². The lowest BCUT2D eigenvalue weighted by atomic mass is 9.75. The monoisotopic (exact) mass is 522 g/mol. The third-order valence-corrected chi connectivity index (χ3v) is 11.0. The Kier molecular flexibility index (Phi) is 6.12. The van der Waals surface area contributed by atoms with Gasteiger partial charge in [-0.05, 0) is 73.3 Å². The summed E-state index contributed by atoms with van der Waals surface area (Å²) in [7, 11) is 3.30. The number of thioether (sulfide) groups is 1. The van der Waals surface area contributed by atoms with Gasteiger partial charge in [0.05, 0.1) is 19.2 Å². The number of thiazole rings is 1. The number of nitrogens with one attached hydrogen (secondary N) is 1. The number of carbonyl (C=O) groups excluding carboxylic acids is 1. The van der Waals surface area contributed by atoms with Crippen LogP contribution in [0, 0.1) is 24.7 Å². The van der Waals surface area contributed by atoms with Gasteiger partial charge >= 0.3 is 4.87 Å². The fourth-order valence-corrected chi connectivity index (χ4v) is 9.70. The molecule has 188 valence electrons. The number of hydrogen-bond donors (Lipinski definition) is 1. The highest BCUT2D eigenvalue weighted by Gasteiger charge is 2.55. The lowest BCUT2D eigenvalue weighted by Crippen LogP contribution is -2.34. The number of anilines is 1. The summed E-state index contributed by atoms with van der Waals surface area (Å²) >= 11 is 3.15. The van der Waals surface area contributed by atoms with E-state index in [0.29, 0.717) is 34.5 Å². The zero-order valence-corrected chi connectivity index (χ0v) is 22.3. The Labute approximate surface area is 219 Å². The Morgan fingerprint density at radius 2 is 1.86 bits per heavy atom. The maximum absolute atomic E-state index is 13.3. The van der Waals surface area contributed by atoms with Gasteiger partial charge in [0.25, 0.3) is 0 Å². The first-order chi connectivity index (χ1) is 17.5. The van der Waals surface area contributed by atoms with Crippen LogP contribution in [0.3, 0.4) is 0 Å². The van der Waals surface area contributed by atoms with Gasteiger partial charge in [-0.2, -0.15) is 0 Å². The first-order valence-corrected chi connectivity index (χ1v) is 14.2. The van der Waals surface area contributed by atoms with Crippen molar-refractivity contribution in [1.82, 2.24) is 4.57 Å². The molecule has 8 heteroatoms. The highest BCUT2D eigenvalue weighted by Crippen LogP contribution is 2.64. The van der Waals surface area contributed by atoms with Crippen LogP contribution in [-0.2, 0) is 11.3 Å². The SMILES string of the molecule is COc1ccc([C@H]2c3sc(=O)n(CC(=O)Nc4ccccc4C)c3SC3C4CCC(C4)C32)cc1OC. The molecule has 1 amide bonds. The molecular weight excluding hydrogens is 492 g/mol. The average molecular weight is 523 g/mol. The third-order valence-electron chi connectivity index (χ3n) is 8.18. The van der Waals surface area contributed by atoms with Gasteiger partial charge in [0.15, 0.2) is 11.5 Å². The summed E-state index contributed by atoms with van der Waals surface area (Å²) in [6.07, 6.45) is 3.79. The smallest absolute Gasteiger partial charge is 0.308 e. The quantitative estimate of drug-likeness (QED) is 0.461. The Balaban J connectivity index is 1.39. The van der Waals surface area contributed by atoms with Crippen molar-refractivity contribution in [1.29, 1.82) is 0 Å². The lowest BCUT2D eigenvalue weighted by Gasteiger charge is -2.40.